The van der Waals surface area contributed by atoms with E-state index in [1.165, 1.54) is 11.3 Å². The molecule has 3 aromatic rings. The number of rotatable bonds is 5. The average molecular weight is 414 g/mol. The quantitative estimate of drug-likeness (QED) is 0.653. The Bertz CT molecular complexity index is 905. The first-order chi connectivity index (χ1) is 13.7. The second kappa shape index (κ2) is 8.87. The van der Waals surface area contributed by atoms with Gasteiger partial charge in [-0.2, -0.15) is 0 Å². The highest BCUT2D eigenvalue weighted by molar-refractivity contribution is 6.30. The molecule has 0 amide bonds. The summed E-state index contributed by atoms with van der Waals surface area (Å²) < 4.78 is 5.96. The highest BCUT2D eigenvalue weighted by Gasteiger charge is 2.20. The van der Waals surface area contributed by atoms with Crippen molar-refractivity contribution in [2.45, 2.75) is 6.54 Å². The van der Waals surface area contributed by atoms with Crippen molar-refractivity contribution >= 4 is 28.9 Å². The van der Waals surface area contributed by atoms with Crippen LogP contribution < -0.4 is 14.5 Å². The maximum absolute atomic E-state index is 6.00. The van der Waals surface area contributed by atoms with Gasteiger partial charge in [-0.05, 0) is 60.7 Å². The van der Waals surface area contributed by atoms with Crippen molar-refractivity contribution in [3.63, 3.8) is 0 Å². The Balaban J connectivity index is 1.33. The number of halogens is 2. The van der Waals surface area contributed by atoms with E-state index in [0.717, 1.165) is 49.2 Å². The van der Waals surface area contributed by atoms with Crippen LogP contribution in [0.3, 0.4) is 0 Å². The van der Waals surface area contributed by atoms with E-state index < -0.39 is 0 Å². The predicted octanol–water partition coefficient (Wildman–Crippen LogP) is 4.69. The van der Waals surface area contributed by atoms with Crippen molar-refractivity contribution in [3.05, 3.63) is 88.4 Å². The summed E-state index contributed by atoms with van der Waals surface area (Å²) in [5.41, 5.74) is 2.54. The number of nitrogens with one attached hydrogen (secondary N) is 1. The minimum absolute atomic E-state index is 0.711. The fourth-order valence-electron chi connectivity index (χ4n) is 3.56. The van der Waals surface area contributed by atoms with E-state index >= 15 is 0 Å². The Morgan fingerprint density at radius 1 is 0.786 bits per heavy atom. The van der Waals surface area contributed by atoms with Gasteiger partial charge in [-0.1, -0.05) is 35.3 Å². The molecule has 0 bridgehead atoms. The molecule has 3 nitrogen and oxygen atoms in total. The van der Waals surface area contributed by atoms with Gasteiger partial charge < -0.3 is 14.5 Å². The third-order valence-electron chi connectivity index (χ3n) is 5.06. The predicted molar refractivity (Wildman–Crippen MR) is 116 cm³/mol. The zero-order valence-corrected chi connectivity index (χ0v) is 17.1. The number of ether oxygens (including phenoxy) is 1. The first kappa shape index (κ1) is 19.1. The lowest BCUT2D eigenvalue weighted by molar-refractivity contribution is -0.914. The van der Waals surface area contributed by atoms with E-state index in [4.69, 9.17) is 27.9 Å². The Morgan fingerprint density at radius 3 is 2.11 bits per heavy atom. The van der Waals surface area contributed by atoms with Crippen LogP contribution >= 0.6 is 23.2 Å². The minimum atomic E-state index is 0.711. The van der Waals surface area contributed by atoms with E-state index in [1.54, 1.807) is 4.90 Å². The zero-order chi connectivity index (χ0) is 19.3. The van der Waals surface area contributed by atoms with Gasteiger partial charge in [-0.25, -0.2) is 0 Å². The number of piperazine rings is 1. The highest BCUT2D eigenvalue weighted by atomic mass is 35.5. The molecule has 0 aromatic heterocycles. The van der Waals surface area contributed by atoms with Gasteiger partial charge in [0, 0.05) is 21.3 Å². The normalized spacial score (nSPS) is 14.9. The Morgan fingerprint density at radius 2 is 1.43 bits per heavy atom. The summed E-state index contributed by atoms with van der Waals surface area (Å²) in [4.78, 5) is 4.02. The highest BCUT2D eigenvalue weighted by Crippen LogP contribution is 2.24. The molecule has 0 atom stereocenters. The third kappa shape index (κ3) is 4.99. The van der Waals surface area contributed by atoms with Crippen LogP contribution in [0.4, 0.5) is 5.69 Å². The summed E-state index contributed by atoms with van der Waals surface area (Å²) in [6, 6.07) is 23.9. The van der Waals surface area contributed by atoms with E-state index in [2.05, 4.69) is 35.2 Å². The van der Waals surface area contributed by atoms with Crippen LogP contribution in [0.2, 0.25) is 10.0 Å². The number of hydrogen-bond donors (Lipinski definition) is 1. The lowest BCUT2D eigenvalue weighted by atomic mass is 10.1. The fraction of sp³-hybridized carbons (Fsp3) is 0.217. The lowest BCUT2D eigenvalue weighted by Crippen LogP contribution is -3.13. The molecule has 1 aliphatic heterocycles. The van der Waals surface area contributed by atoms with Gasteiger partial charge in [-0.15, -0.1) is 0 Å². The third-order valence-corrected chi connectivity index (χ3v) is 5.57. The molecule has 28 heavy (non-hydrogen) atoms. The van der Waals surface area contributed by atoms with E-state index in [0.29, 0.717) is 5.02 Å². The molecule has 1 heterocycles. The Kier molecular flexibility index (Phi) is 6.06. The molecule has 1 N–H and O–H groups in total. The van der Waals surface area contributed by atoms with Gasteiger partial charge in [-0.3, -0.25) is 0 Å². The first-order valence-corrected chi connectivity index (χ1v) is 10.3. The number of hydrogen-bond acceptors (Lipinski definition) is 2. The van der Waals surface area contributed by atoms with Gasteiger partial charge >= 0.3 is 0 Å². The van der Waals surface area contributed by atoms with Crippen molar-refractivity contribution < 1.29 is 9.64 Å². The molecule has 4 rings (SSSR count). The maximum atomic E-state index is 6.00. The topological polar surface area (TPSA) is 16.9 Å². The smallest absolute Gasteiger partial charge is 0.127 e. The van der Waals surface area contributed by atoms with Gasteiger partial charge in [0.15, 0.2) is 0 Å². The monoisotopic (exact) mass is 413 g/mol. The molecular weight excluding hydrogens is 391 g/mol. The minimum Gasteiger partial charge on any atom is -0.457 e. The molecule has 0 aliphatic carbocycles. The molecular formula is C23H23Cl2N2O+. The van der Waals surface area contributed by atoms with Crippen LogP contribution in [0.5, 0.6) is 11.5 Å². The Hall–Kier alpha value is -2.20. The van der Waals surface area contributed by atoms with Crippen molar-refractivity contribution in [1.82, 2.24) is 0 Å². The lowest BCUT2D eigenvalue weighted by Gasteiger charge is -2.33. The van der Waals surface area contributed by atoms with Gasteiger partial charge in [0.25, 0.3) is 0 Å². The van der Waals surface area contributed by atoms with E-state index in [1.807, 2.05) is 42.5 Å². The van der Waals surface area contributed by atoms with Crippen LogP contribution in [-0.2, 0) is 6.54 Å². The standard InChI is InChI=1S/C23H22Cl2N2O/c24-19-4-8-21(9-5-19)27-14-12-26(13-15-27)17-18-2-1-3-23(16-18)28-22-10-6-20(25)7-11-22/h1-11,16H,12-15,17H2/p+1. The van der Waals surface area contributed by atoms with E-state index in [9.17, 15) is 0 Å². The molecule has 0 saturated carbocycles. The fourth-order valence-corrected chi connectivity index (χ4v) is 3.81. The molecule has 144 valence electrons. The molecule has 1 aliphatic rings. The van der Waals surface area contributed by atoms with Gasteiger partial charge in [0.2, 0.25) is 0 Å². The number of benzene rings is 3. The van der Waals surface area contributed by atoms with Crippen LogP contribution in [0.15, 0.2) is 72.8 Å². The summed E-state index contributed by atoms with van der Waals surface area (Å²) in [5, 5.41) is 1.50. The summed E-state index contributed by atoms with van der Waals surface area (Å²) >= 11 is 11.9. The largest absolute Gasteiger partial charge is 0.457 e. The summed E-state index contributed by atoms with van der Waals surface area (Å²) in [6.07, 6.45) is 0. The van der Waals surface area contributed by atoms with Crippen LogP contribution in [-0.4, -0.2) is 26.2 Å². The molecule has 0 unspecified atom stereocenters. The van der Waals surface area contributed by atoms with E-state index in [-0.39, 0.29) is 0 Å². The SMILES string of the molecule is Clc1ccc(Oc2cccc(C[NH+]3CCN(c4ccc(Cl)cc4)CC3)c2)cc1. The van der Waals surface area contributed by atoms with Crippen molar-refractivity contribution in [2.75, 3.05) is 31.1 Å². The van der Waals surface area contributed by atoms with Gasteiger partial charge in [0.05, 0.1) is 26.2 Å². The second-order valence-corrected chi connectivity index (χ2v) is 7.97. The molecule has 3 aromatic carbocycles. The molecule has 0 radical (unpaired) electrons. The van der Waals surface area contributed by atoms with Crippen LogP contribution in [0.25, 0.3) is 0 Å². The number of nitrogens with zero attached hydrogens (tertiary/aromatic N) is 1. The van der Waals surface area contributed by atoms with Crippen LogP contribution in [0.1, 0.15) is 5.56 Å². The number of quaternary nitrogens is 1. The summed E-state index contributed by atoms with van der Waals surface area (Å²) in [5.74, 6) is 1.66. The zero-order valence-electron chi connectivity index (χ0n) is 15.6. The molecule has 5 heteroatoms. The molecule has 0 spiro atoms. The summed E-state index contributed by atoms with van der Waals surface area (Å²) in [6.45, 7) is 5.35. The average Bonchev–Trinajstić information content (AvgIpc) is 2.71. The van der Waals surface area contributed by atoms with Crippen molar-refractivity contribution in [1.29, 1.82) is 0 Å². The summed E-state index contributed by atoms with van der Waals surface area (Å²) in [7, 11) is 0. The second-order valence-electron chi connectivity index (χ2n) is 7.09. The number of anilines is 1. The van der Waals surface area contributed by atoms with Crippen LogP contribution in [0, 0.1) is 0 Å². The van der Waals surface area contributed by atoms with Crippen molar-refractivity contribution in [2.24, 2.45) is 0 Å². The first-order valence-electron chi connectivity index (χ1n) is 9.52. The Labute approximate surface area is 176 Å². The molecule has 1 fully saturated rings. The maximum Gasteiger partial charge on any atom is 0.127 e. The van der Waals surface area contributed by atoms with Gasteiger partial charge in [0.1, 0.15) is 18.0 Å². The van der Waals surface area contributed by atoms with Crippen molar-refractivity contribution in [3.8, 4) is 11.5 Å². The molecule has 1 saturated heterocycles.